The molecule has 7 heteroatoms. The minimum Gasteiger partial charge on any atom is -0.355 e. The van der Waals surface area contributed by atoms with E-state index in [-0.39, 0.29) is 11.8 Å². The molecule has 156 valence electrons. The Kier molecular flexibility index (Phi) is 6.42. The highest BCUT2D eigenvalue weighted by Gasteiger charge is 2.20. The minimum absolute atomic E-state index is 0.0278. The topological polar surface area (TPSA) is 64.7 Å². The zero-order valence-corrected chi connectivity index (χ0v) is 17.9. The van der Waals surface area contributed by atoms with Gasteiger partial charge in [0.25, 0.3) is 5.91 Å². The lowest BCUT2D eigenvalue weighted by atomic mass is 10.1. The Morgan fingerprint density at radius 1 is 0.967 bits per heavy atom. The number of hydrogen-bond acceptors (Lipinski definition) is 5. The zero-order chi connectivity index (χ0) is 20.9. The first kappa shape index (κ1) is 20.5. The molecule has 3 aromatic rings. The average molecular weight is 423 g/mol. The number of thiophene rings is 1. The van der Waals surface area contributed by atoms with Crippen molar-refractivity contribution < 1.29 is 9.59 Å². The second kappa shape index (κ2) is 9.38. The summed E-state index contributed by atoms with van der Waals surface area (Å²) >= 11 is 1.80. The van der Waals surface area contributed by atoms with E-state index in [4.69, 9.17) is 0 Å². The predicted octanol–water partition coefficient (Wildman–Crippen LogP) is 3.02. The lowest BCUT2D eigenvalue weighted by Crippen LogP contribution is -2.48. The molecule has 1 aliphatic rings. The number of piperazine rings is 1. The van der Waals surface area contributed by atoms with Crippen LogP contribution in [0.15, 0.2) is 53.9 Å². The summed E-state index contributed by atoms with van der Waals surface area (Å²) in [4.78, 5) is 28.6. The van der Waals surface area contributed by atoms with Gasteiger partial charge in [0.1, 0.15) is 0 Å². The molecule has 1 aromatic heterocycles. The van der Waals surface area contributed by atoms with Crippen molar-refractivity contribution in [3.8, 4) is 0 Å². The Hall–Kier alpha value is -2.74. The molecule has 0 unspecified atom stereocenters. The summed E-state index contributed by atoms with van der Waals surface area (Å²) in [5.74, 6) is -0.166. The third-order valence-electron chi connectivity index (χ3n) is 5.45. The monoisotopic (exact) mass is 422 g/mol. The van der Waals surface area contributed by atoms with Crippen LogP contribution in [0, 0.1) is 0 Å². The zero-order valence-electron chi connectivity index (χ0n) is 17.1. The van der Waals surface area contributed by atoms with E-state index in [2.05, 4.69) is 50.1 Å². The van der Waals surface area contributed by atoms with Crippen molar-refractivity contribution in [2.75, 3.05) is 45.1 Å². The third-order valence-corrected chi connectivity index (χ3v) is 6.46. The standard InChI is InChI=1S/C23H26N4O2S/c1-24-23(29)17-6-8-19(9-7-17)25-22(28)15-27-12-10-26(11-13-27)14-18-16-30-21-5-3-2-4-20(18)21/h2-9,16H,10-15H2,1H3,(H,24,29)(H,25,28). The van der Waals surface area contributed by atoms with Crippen LogP contribution in [-0.2, 0) is 11.3 Å². The van der Waals surface area contributed by atoms with Crippen molar-refractivity contribution in [2.24, 2.45) is 0 Å². The summed E-state index contributed by atoms with van der Waals surface area (Å²) in [7, 11) is 1.60. The second-order valence-corrected chi connectivity index (χ2v) is 8.43. The molecule has 1 saturated heterocycles. The number of anilines is 1. The molecule has 30 heavy (non-hydrogen) atoms. The summed E-state index contributed by atoms with van der Waals surface area (Å²) in [6, 6.07) is 15.5. The largest absolute Gasteiger partial charge is 0.355 e. The molecular weight excluding hydrogens is 396 g/mol. The van der Waals surface area contributed by atoms with Crippen LogP contribution in [0.2, 0.25) is 0 Å². The molecule has 0 bridgehead atoms. The van der Waals surface area contributed by atoms with Crippen molar-refractivity contribution in [2.45, 2.75) is 6.54 Å². The summed E-state index contributed by atoms with van der Waals surface area (Å²) in [6.07, 6.45) is 0. The molecule has 1 aliphatic heterocycles. The summed E-state index contributed by atoms with van der Waals surface area (Å²) in [5.41, 5.74) is 2.67. The molecule has 4 rings (SSSR count). The highest BCUT2D eigenvalue weighted by atomic mass is 32.1. The molecule has 0 spiro atoms. The van der Waals surface area contributed by atoms with Crippen LogP contribution in [-0.4, -0.2) is 61.4 Å². The van der Waals surface area contributed by atoms with E-state index in [0.29, 0.717) is 17.8 Å². The number of fused-ring (bicyclic) bond motifs is 1. The molecule has 2 N–H and O–H groups in total. The van der Waals surface area contributed by atoms with E-state index in [0.717, 1.165) is 32.7 Å². The van der Waals surface area contributed by atoms with Gasteiger partial charge in [0.2, 0.25) is 5.91 Å². The number of amides is 2. The molecule has 2 amide bonds. The van der Waals surface area contributed by atoms with E-state index >= 15 is 0 Å². The lowest BCUT2D eigenvalue weighted by molar-refractivity contribution is -0.117. The predicted molar refractivity (Wildman–Crippen MR) is 122 cm³/mol. The normalized spacial score (nSPS) is 15.2. The molecule has 6 nitrogen and oxygen atoms in total. The quantitative estimate of drug-likeness (QED) is 0.641. The van der Waals surface area contributed by atoms with Gasteiger partial charge in [0, 0.05) is 55.7 Å². The van der Waals surface area contributed by atoms with Crippen molar-refractivity contribution in [3.63, 3.8) is 0 Å². The molecule has 0 atom stereocenters. The maximum absolute atomic E-state index is 12.4. The smallest absolute Gasteiger partial charge is 0.251 e. The van der Waals surface area contributed by atoms with Crippen LogP contribution >= 0.6 is 11.3 Å². The van der Waals surface area contributed by atoms with Crippen LogP contribution in [0.4, 0.5) is 5.69 Å². The van der Waals surface area contributed by atoms with Crippen molar-refractivity contribution in [1.29, 1.82) is 0 Å². The Labute approximate surface area is 180 Å². The number of benzene rings is 2. The maximum Gasteiger partial charge on any atom is 0.251 e. The van der Waals surface area contributed by atoms with Crippen LogP contribution in [0.3, 0.4) is 0 Å². The number of carbonyl (C=O) groups is 2. The first-order chi connectivity index (χ1) is 14.6. The fourth-order valence-electron chi connectivity index (χ4n) is 3.75. The number of rotatable bonds is 6. The minimum atomic E-state index is -0.138. The van der Waals surface area contributed by atoms with Gasteiger partial charge in [-0.05, 0) is 46.7 Å². The van der Waals surface area contributed by atoms with Crippen molar-refractivity contribution in [3.05, 3.63) is 65.0 Å². The molecule has 0 saturated carbocycles. The van der Waals surface area contributed by atoms with Gasteiger partial charge >= 0.3 is 0 Å². The van der Waals surface area contributed by atoms with Gasteiger partial charge in [-0.2, -0.15) is 0 Å². The van der Waals surface area contributed by atoms with Crippen LogP contribution in [0.5, 0.6) is 0 Å². The molecular formula is C23H26N4O2S. The third kappa shape index (κ3) is 4.87. The van der Waals surface area contributed by atoms with Crippen LogP contribution < -0.4 is 10.6 Å². The Morgan fingerprint density at radius 3 is 2.40 bits per heavy atom. The molecule has 1 fully saturated rings. The maximum atomic E-state index is 12.4. The Bertz CT molecular complexity index is 1020. The van der Waals surface area contributed by atoms with Gasteiger partial charge < -0.3 is 10.6 Å². The summed E-state index contributed by atoms with van der Waals surface area (Å²) in [6.45, 7) is 5.01. The fraction of sp³-hybridized carbons (Fsp3) is 0.304. The van der Waals surface area contributed by atoms with Gasteiger partial charge in [0.15, 0.2) is 0 Å². The van der Waals surface area contributed by atoms with Crippen LogP contribution in [0.1, 0.15) is 15.9 Å². The number of nitrogens with zero attached hydrogens (tertiary/aromatic N) is 2. The van der Waals surface area contributed by atoms with E-state index in [9.17, 15) is 9.59 Å². The van der Waals surface area contributed by atoms with E-state index in [1.54, 1.807) is 42.6 Å². The highest BCUT2D eigenvalue weighted by molar-refractivity contribution is 7.17. The average Bonchev–Trinajstić information content (AvgIpc) is 3.18. The molecule has 0 radical (unpaired) electrons. The first-order valence-electron chi connectivity index (χ1n) is 10.1. The second-order valence-electron chi connectivity index (χ2n) is 7.51. The van der Waals surface area contributed by atoms with Gasteiger partial charge in [-0.3, -0.25) is 19.4 Å². The Balaban J connectivity index is 1.24. The fourth-order valence-corrected chi connectivity index (χ4v) is 4.71. The van der Waals surface area contributed by atoms with Gasteiger partial charge in [-0.25, -0.2) is 0 Å². The van der Waals surface area contributed by atoms with Crippen molar-refractivity contribution >= 4 is 38.9 Å². The first-order valence-corrected chi connectivity index (χ1v) is 11.0. The van der Waals surface area contributed by atoms with Crippen molar-refractivity contribution in [1.82, 2.24) is 15.1 Å². The van der Waals surface area contributed by atoms with Gasteiger partial charge in [0.05, 0.1) is 6.54 Å². The van der Waals surface area contributed by atoms with Gasteiger partial charge in [-0.15, -0.1) is 11.3 Å². The molecule has 2 aromatic carbocycles. The number of carbonyl (C=O) groups excluding carboxylic acids is 2. The van der Waals surface area contributed by atoms with E-state index in [1.807, 2.05) is 0 Å². The van der Waals surface area contributed by atoms with E-state index in [1.165, 1.54) is 15.6 Å². The van der Waals surface area contributed by atoms with Gasteiger partial charge in [-0.1, -0.05) is 18.2 Å². The lowest BCUT2D eigenvalue weighted by Gasteiger charge is -2.34. The Morgan fingerprint density at radius 2 is 1.67 bits per heavy atom. The summed E-state index contributed by atoms with van der Waals surface area (Å²) < 4.78 is 1.34. The van der Waals surface area contributed by atoms with E-state index < -0.39 is 0 Å². The molecule has 2 heterocycles. The number of nitrogens with one attached hydrogen (secondary N) is 2. The number of hydrogen-bond donors (Lipinski definition) is 2. The van der Waals surface area contributed by atoms with Crippen LogP contribution in [0.25, 0.3) is 10.1 Å². The molecule has 0 aliphatic carbocycles. The SMILES string of the molecule is CNC(=O)c1ccc(NC(=O)CN2CCN(Cc3csc4ccccc34)CC2)cc1. The highest BCUT2D eigenvalue weighted by Crippen LogP contribution is 2.26. The summed E-state index contributed by atoms with van der Waals surface area (Å²) in [5, 5.41) is 9.12.